The number of ether oxygens (including phenoxy) is 1. The van der Waals surface area contributed by atoms with Crippen LogP contribution in [0.15, 0.2) is 36.4 Å². The van der Waals surface area contributed by atoms with Crippen molar-refractivity contribution in [3.05, 3.63) is 47.5 Å². The molecule has 1 heterocycles. The summed E-state index contributed by atoms with van der Waals surface area (Å²) in [6.07, 6.45) is 4.01. The van der Waals surface area contributed by atoms with Gasteiger partial charge >= 0.3 is 5.97 Å². The molecule has 1 aliphatic heterocycles. The van der Waals surface area contributed by atoms with Gasteiger partial charge in [-0.05, 0) is 43.2 Å². The molecule has 1 saturated heterocycles. The van der Waals surface area contributed by atoms with E-state index in [4.69, 9.17) is 4.74 Å². The number of rotatable bonds is 1. The van der Waals surface area contributed by atoms with Crippen LogP contribution in [-0.4, -0.2) is 12.6 Å². The van der Waals surface area contributed by atoms with Crippen molar-refractivity contribution < 1.29 is 9.53 Å². The zero-order valence-electron chi connectivity index (χ0n) is 11.4. The third-order valence-electron chi connectivity index (χ3n) is 4.74. The summed E-state index contributed by atoms with van der Waals surface area (Å²) in [4.78, 5) is 12.1. The maximum absolute atomic E-state index is 12.1. The molecule has 2 atom stereocenters. The Hall–Kier alpha value is -1.57. The third-order valence-corrected chi connectivity index (χ3v) is 4.74. The molecule has 0 aromatic heterocycles. The molecule has 2 aliphatic rings. The highest BCUT2D eigenvalue weighted by Gasteiger charge is 2.50. The first-order valence-corrected chi connectivity index (χ1v) is 7.04. The van der Waals surface area contributed by atoms with Gasteiger partial charge < -0.3 is 4.74 Å². The Morgan fingerprint density at radius 1 is 1.32 bits per heavy atom. The average molecular weight is 256 g/mol. The Morgan fingerprint density at radius 3 is 2.68 bits per heavy atom. The lowest BCUT2D eigenvalue weighted by molar-refractivity contribution is -0.147. The fourth-order valence-corrected chi connectivity index (χ4v) is 3.48. The number of esters is 1. The van der Waals surface area contributed by atoms with E-state index in [9.17, 15) is 4.79 Å². The summed E-state index contributed by atoms with van der Waals surface area (Å²) in [7, 11) is 0. The third kappa shape index (κ3) is 1.99. The quantitative estimate of drug-likeness (QED) is 0.565. The summed E-state index contributed by atoms with van der Waals surface area (Å²) in [5.41, 5.74) is 3.21. The zero-order valence-corrected chi connectivity index (χ0v) is 11.4. The van der Waals surface area contributed by atoms with Gasteiger partial charge in [0.05, 0.1) is 5.41 Å². The first kappa shape index (κ1) is 12.5. The number of carbonyl (C=O) groups excluding carboxylic acids is 1. The maximum Gasteiger partial charge on any atom is 0.316 e. The Bertz CT molecular complexity index is 497. The minimum absolute atomic E-state index is 0.0469. The van der Waals surface area contributed by atoms with Gasteiger partial charge in [-0.2, -0.15) is 0 Å². The molecule has 1 aromatic carbocycles. The molecule has 0 N–H and O–H groups in total. The average Bonchev–Trinajstić information content (AvgIpc) is 2.69. The van der Waals surface area contributed by atoms with E-state index in [0.717, 1.165) is 31.3 Å². The molecule has 3 rings (SSSR count). The fraction of sp³-hybridized carbons (Fsp3) is 0.471. The zero-order chi connectivity index (χ0) is 13.5. The maximum atomic E-state index is 12.1. The molecule has 2 fully saturated rings. The molecule has 0 radical (unpaired) electrons. The lowest BCUT2D eigenvalue weighted by atomic mass is 9.65. The predicted octanol–water partition coefficient (Wildman–Crippen LogP) is 3.75. The van der Waals surface area contributed by atoms with Crippen molar-refractivity contribution in [3.63, 3.8) is 0 Å². The van der Waals surface area contributed by atoms with Crippen LogP contribution in [0, 0.1) is 12.3 Å². The minimum atomic E-state index is -0.395. The molecule has 1 spiro atoms. The lowest BCUT2D eigenvalue weighted by Gasteiger charge is -2.35. The van der Waals surface area contributed by atoms with Crippen LogP contribution in [0.3, 0.4) is 0 Å². The van der Waals surface area contributed by atoms with Crippen molar-refractivity contribution in [1.29, 1.82) is 0 Å². The molecule has 1 aromatic rings. The molecule has 2 nitrogen and oxygen atoms in total. The van der Waals surface area contributed by atoms with Crippen molar-refractivity contribution in [1.82, 2.24) is 0 Å². The van der Waals surface area contributed by atoms with Gasteiger partial charge in [-0.15, -0.1) is 0 Å². The second-order valence-electron chi connectivity index (χ2n) is 5.97. The normalized spacial score (nSPS) is 30.7. The van der Waals surface area contributed by atoms with Crippen molar-refractivity contribution >= 4 is 5.97 Å². The van der Waals surface area contributed by atoms with Gasteiger partial charge in [-0.25, -0.2) is 0 Å². The highest BCUT2D eigenvalue weighted by Crippen LogP contribution is 2.51. The summed E-state index contributed by atoms with van der Waals surface area (Å²) < 4.78 is 5.22. The first-order valence-electron chi connectivity index (χ1n) is 7.04. The van der Waals surface area contributed by atoms with E-state index in [1.807, 2.05) is 0 Å². The van der Waals surface area contributed by atoms with Gasteiger partial charge in [0.15, 0.2) is 0 Å². The van der Waals surface area contributed by atoms with E-state index >= 15 is 0 Å². The number of cyclic esters (lactones) is 1. The second-order valence-corrected chi connectivity index (χ2v) is 5.97. The summed E-state index contributed by atoms with van der Waals surface area (Å²) in [5, 5.41) is 0. The number of benzene rings is 1. The summed E-state index contributed by atoms with van der Waals surface area (Å²) in [5.74, 6) is 0.408. The van der Waals surface area contributed by atoms with E-state index in [2.05, 4.69) is 37.8 Å². The van der Waals surface area contributed by atoms with Crippen molar-refractivity contribution in [3.8, 4) is 0 Å². The number of aryl methyl sites for hydroxylation is 1. The van der Waals surface area contributed by atoms with Crippen LogP contribution in [0.1, 0.15) is 42.7 Å². The Balaban J connectivity index is 1.87. The predicted molar refractivity (Wildman–Crippen MR) is 74.9 cm³/mol. The molecule has 0 bridgehead atoms. The standard InChI is InChI=1S/C17H20O2/c1-12-5-7-14(8-6-12)15-4-3-9-17(10-15)13(2)11-19-16(17)18/h5-8,15H,2-4,9-11H2,1H3. The number of hydrogen-bond acceptors (Lipinski definition) is 2. The summed E-state index contributed by atoms with van der Waals surface area (Å²) in [6.45, 7) is 6.59. The molecule has 100 valence electrons. The molecule has 19 heavy (non-hydrogen) atoms. The van der Waals surface area contributed by atoms with Crippen LogP contribution in [-0.2, 0) is 9.53 Å². The van der Waals surface area contributed by atoms with Crippen LogP contribution in [0.5, 0.6) is 0 Å². The van der Waals surface area contributed by atoms with Crippen LogP contribution in [0.4, 0.5) is 0 Å². The smallest absolute Gasteiger partial charge is 0.316 e. The van der Waals surface area contributed by atoms with Gasteiger partial charge in [0.25, 0.3) is 0 Å². The van der Waals surface area contributed by atoms with Crippen LogP contribution in [0.25, 0.3) is 0 Å². The van der Waals surface area contributed by atoms with Crippen LogP contribution in [0.2, 0.25) is 0 Å². The number of carbonyl (C=O) groups is 1. The molecular weight excluding hydrogens is 236 g/mol. The fourth-order valence-electron chi connectivity index (χ4n) is 3.48. The number of hydrogen-bond donors (Lipinski definition) is 0. The summed E-state index contributed by atoms with van der Waals surface area (Å²) in [6, 6.07) is 8.70. The Kier molecular flexibility index (Phi) is 2.96. The topological polar surface area (TPSA) is 26.3 Å². The van der Waals surface area contributed by atoms with E-state index in [1.54, 1.807) is 0 Å². The van der Waals surface area contributed by atoms with Crippen molar-refractivity contribution in [2.45, 2.75) is 38.5 Å². The first-order chi connectivity index (χ1) is 9.12. The van der Waals surface area contributed by atoms with Gasteiger partial charge in [0.1, 0.15) is 6.61 Å². The largest absolute Gasteiger partial charge is 0.460 e. The van der Waals surface area contributed by atoms with Gasteiger partial charge in [0.2, 0.25) is 0 Å². The Morgan fingerprint density at radius 2 is 2.05 bits per heavy atom. The second kappa shape index (κ2) is 4.52. The van der Waals surface area contributed by atoms with Crippen LogP contribution < -0.4 is 0 Å². The van der Waals surface area contributed by atoms with Crippen molar-refractivity contribution in [2.75, 3.05) is 6.61 Å². The van der Waals surface area contributed by atoms with E-state index in [1.165, 1.54) is 11.1 Å². The van der Waals surface area contributed by atoms with Crippen molar-refractivity contribution in [2.24, 2.45) is 5.41 Å². The lowest BCUT2D eigenvalue weighted by Crippen LogP contribution is -2.33. The molecule has 2 heteroatoms. The Labute approximate surface area is 114 Å². The minimum Gasteiger partial charge on any atom is -0.460 e. The van der Waals surface area contributed by atoms with Gasteiger partial charge in [-0.1, -0.05) is 42.8 Å². The van der Waals surface area contributed by atoms with E-state index < -0.39 is 5.41 Å². The monoisotopic (exact) mass is 256 g/mol. The SMILES string of the molecule is C=C1COC(=O)C12CCCC(c1ccc(C)cc1)C2. The highest BCUT2D eigenvalue weighted by atomic mass is 16.5. The molecule has 0 amide bonds. The summed E-state index contributed by atoms with van der Waals surface area (Å²) >= 11 is 0. The molecular formula is C17H20O2. The molecule has 1 aliphatic carbocycles. The van der Waals surface area contributed by atoms with E-state index in [0.29, 0.717) is 12.5 Å². The van der Waals surface area contributed by atoms with Gasteiger partial charge in [-0.3, -0.25) is 4.79 Å². The molecule has 2 unspecified atom stereocenters. The van der Waals surface area contributed by atoms with E-state index in [-0.39, 0.29) is 5.97 Å². The highest BCUT2D eigenvalue weighted by molar-refractivity contribution is 5.83. The van der Waals surface area contributed by atoms with Gasteiger partial charge in [0, 0.05) is 0 Å². The van der Waals surface area contributed by atoms with Crippen LogP contribution >= 0.6 is 0 Å². The molecule has 1 saturated carbocycles.